The van der Waals surface area contributed by atoms with Crippen molar-refractivity contribution in [3.63, 3.8) is 0 Å². The quantitative estimate of drug-likeness (QED) is 0.700. The van der Waals surface area contributed by atoms with Crippen molar-refractivity contribution < 1.29 is 22.3 Å². The first-order valence-corrected chi connectivity index (χ1v) is 11.9. The van der Waals surface area contributed by atoms with Crippen LogP contribution < -0.4 is 10.5 Å². The summed E-state index contributed by atoms with van der Waals surface area (Å²) in [7, 11) is -3.72. The molecule has 168 valence electrons. The van der Waals surface area contributed by atoms with Crippen LogP contribution >= 0.6 is 0 Å². The second-order valence-corrected chi connectivity index (χ2v) is 9.74. The Bertz CT molecular complexity index is 998. The second kappa shape index (κ2) is 9.62. The number of halogens is 1. The summed E-state index contributed by atoms with van der Waals surface area (Å²) in [6, 6.07) is 13.6. The van der Waals surface area contributed by atoms with Gasteiger partial charge in [-0.15, -0.1) is 0 Å². The van der Waals surface area contributed by atoms with Gasteiger partial charge in [0.1, 0.15) is 18.2 Å². The Balaban J connectivity index is 1.56. The fourth-order valence-electron chi connectivity index (χ4n) is 4.23. The lowest BCUT2D eigenvalue weighted by Gasteiger charge is -2.32. The van der Waals surface area contributed by atoms with Gasteiger partial charge in [-0.2, -0.15) is 17.0 Å². The zero-order valence-electron chi connectivity index (χ0n) is 17.3. The second-order valence-electron chi connectivity index (χ2n) is 7.86. The van der Waals surface area contributed by atoms with Crippen LogP contribution in [-0.2, 0) is 21.5 Å². The van der Waals surface area contributed by atoms with E-state index in [4.69, 9.17) is 15.2 Å². The molecule has 4 rings (SSSR count). The van der Waals surface area contributed by atoms with Crippen molar-refractivity contribution in [1.29, 1.82) is 0 Å². The predicted molar refractivity (Wildman–Crippen MR) is 115 cm³/mol. The molecule has 0 spiro atoms. The van der Waals surface area contributed by atoms with Crippen LogP contribution in [0.15, 0.2) is 48.5 Å². The van der Waals surface area contributed by atoms with Gasteiger partial charge >= 0.3 is 0 Å². The van der Waals surface area contributed by atoms with E-state index in [0.29, 0.717) is 50.6 Å². The first-order chi connectivity index (χ1) is 15.0. The summed E-state index contributed by atoms with van der Waals surface area (Å²) in [5, 5.41) is 0. The highest BCUT2D eigenvalue weighted by atomic mass is 32.2. The van der Waals surface area contributed by atoms with Crippen LogP contribution in [0.3, 0.4) is 0 Å². The molecular weight excluding hydrogens is 421 g/mol. The van der Waals surface area contributed by atoms with Gasteiger partial charge in [-0.1, -0.05) is 30.3 Å². The maximum Gasteiger partial charge on any atom is 0.282 e. The molecule has 2 saturated heterocycles. The number of ether oxygens (including phenoxy) is 2. The van der Waals surface area contributed by atoms with Gasteiger partial charge in [0.15, 0.2) is 0 Å². The third-order valence-electron chi connectivity index (χ3n) is 5.88. The Hall–Kier alpha value is -2.04. The van der Waals surface area contributed by atoms with Crippen LogP contribution in [0.5, 0.6) is 5.75 Å². The average molecular weight is 450 g/mol. The number of hydrogen-bond donors (Lipinski definition) is 1. The van der Waals surface area contributed by atoms with Gasteiger partial charge < -0.3 is 15.2 Å². The van der Waals surface area contributed by atoms with Crippen molar-refractivity contribution in [2.24, 2.45) is 5.73 Å². The summed E-state index contributed by atoms with van der Waals surface area (Å²) < 4.78 is 55.4. The molecule has 2 heterocycles. The summed E-state index contributed by atoms with van der Waals surface area (Å²) in [5.41, 5.74) is 7.18. The number of morpholine rings is 1. The predicted octanol–water partition coefficient (Wildman–Crippen LogP) is 2.10. The van der Waals surface area contributed by atoms with E-state index in [9.17, 15) is 12.8 Å². The molecule has 0 radical (unpaired) electrons. The third kappa shape index (κ3) is 4.91. The average Bonchev–Trinajstić information content (AvgIpc) is 3.23. The highest BCUT2D eigenvalue weighted by molar-refractivity contribution is 7.86. The number of nitrogens with two attached hydrogens (primary N) is 1. The van der Waals surface area contributed by atoms with Gasteiger partial charge in [0.2, 0.25) is 0 Å². The first kappa shape index (κ1) is 22.2. The van der Waals surface area contributed by atoms with Crippen molar-refractivity contribution in [3.05, 3.63) is 65.5 Å². The molecule has 31 heavy (non-hydrogen) atoms. The fourth-order valence-corrected chi connectivity index (χ4v) is 6.03. The zero-order valence-corrected chi connectivity index (χ0v) is 18.1. The topological polar surface area (TPSA) is 85.1 Å². The molecule has 0 saturated carbocycles. The molecule has 2 aromatic carbocycles. The van der Waals surface area contributed by atoms with Gasteiger partial charge in [-0.3, -0.25) is 0 Å². The van der Waals surface area contributed by atoms with Crippen LogP contribution in [-0.4, -0.2) is 62.5 Å². The molecule has 2 aromatic rings. The molecule has 0 amide bonds. The lowest BCUT2D eigenvalue weighted by molar-refractivity contribution is 0.0693. The van der Waals surface area contributed by atoms with Crippen LogP contribution in [0, 0.1) is 5.82 Å². The molecule has 9 heteroatoms. The number of nitrogens with zero attached hydrogens (tertiary/aromatic N) is 2. The zero-order chi connectivity index (χ0) is 21.8. The van der Waals surface area contributed by atoms with E-state index < -0.39 is 16.3 Å². The minimum Gasteiger partial charge on any atom is -0.492 e. The monoisotopic (exact) mass is 449 g/mol. The van der Waals surface area contributed by atoms with Gasteiger partial charge in [0.25, 0.3) is 10.2 Å². The lowest BCUT2D eigenvalue weighted by atomic mass is 9.96. The molecule has 2 fully saturated rings. The van der Waals surface area contributed by atoms with Gasteiger partial charge in [-0.05, 0) is 35.7 Å². The van der Waals surface area contributed by atoms with E-state index in [1.807, 2.05) is 24.3 Å². The molecule has 7 nitrogen and oxygen atoms in total. The van der Waals surface area contributed by atoms with Crippen LogP contribution in [0.2, 0.25) is 0 Å². The molecule has 2 N–H and O–H groups in total. The number of benzene rings is 2. The Morgan fingerprint density at radius 1 is 1.13 bits per heavy atom. The molecule has 0 bridgehead atoms. The van der Waals surface area contributed by atoms with E-state index in [2.05, 4.69) is 0 Å². The Morgan fingerprint density at radius 2 is 1.90 bits per heavy atom. The summed E-state index contributed by atoms with van der Waals surface area (Å²) in [6.45, 7) is 2.17. The Morgan fingerprint density at radius 3 is 2.65 bits per heavy atom. The molecule has 0 aromatic heterocycles. The molecule has 2 aliphatic rings. The van der Waals surface area contributed by atoms with Gasteiger partial charge in [0.05, 0.1) is 19.3 Å². The van der Waals surface area contributed by atoms with E-state index in [0.717, 1.165) is 5.56 Å². The smallest absolute Gasteiger partial charge is 0.282 e. The maximum absolute atomic E-state index is 14.4. The van der Waals surface area contributed by atoms with E-state index in [1.54, 1.807) is 18.2 Å². The summed E-state index contributed by atoms with van der Waals surface area (Å²) in [5.74, 6) is 0.0930. The van der Waals surface area contributed by atoms with Gasteiger partial charge in [0, 0.05) is 32.1 Å². The van der Waals surface area contributed by atoms with Crippen molar-refractivity contribution in [2.75, 3.05) is 39.5 Å². The van der Waals surface area contributed by atoms with Crippen LogP contribution in [0.25, 0.3) is 0 Å². The van der Waals surface area contributed by atoms with E-state index >= 15 is 0 Å². The largest absolute Gasteiger partial charge is 0.492 e. The molecule has 2 aliphatic heterocycles. The molecular formula is C22H28FN3O4S. The minimum atomic E-state index is -3.72. The van der Waals surface area contributed by atoms with Gasteiger partial charge in [-0.25, -0.2) is 4.39 Å². The lowest BCUT2D eigenvalue weighted by Crippen LogP contribution is -2.51. The molecule has 0 unspecified atom stereocenters. The van der Waals surface area contributed by atoms with Crippen molar-refractivity contribution in [2.45, 2.75) is 24.9 Å². The van der Waals surface area contributed by atoms with Crippen molar-refractivity contribution in [1.82, 2.24) is 8.61 Å². The normalized spacial score (nSPS) is 23.2. The first-order valence-electron chi connectivity index (χ1n) is 10.5. The summed E-state index contributed by atoms with van der Waals surface area (Å²) in [4.78, 5) is 0. The Labute approximate surface area is 182 Å². The number of rotatable bonds is 7. The highest BCUT2D eigenvalue weighted by Crippen LogP contribution is 2.36. The molecule has 2 atom stereocenters. The SMILES string of the molecule is NCc1cccc(OC[C@H]2C[C@@H](c3ccccc3F)CN2S(=O)(=O)N2CCOCC2)c1. The van der Waals surface area contributed by atoms with Crippen molar-refractivity contribution >= 4 is 10.2 Å². The van der Waals surface area contributed by atoms with E-state index in [1.165, 1.54) is 14.7 Å². The summed E-state index contributed by atoms with van der Waals surface area (Å²) in [6.07, 6.45) is 0.487. The number of hydrogen-bond acceptors (Lipinski definition) is 5. The molecule has 0 aliphatic carbocycles. The fraction of sp³-hybridized carbons (Fsp3) is 0.455. The highest BCUT2D eigenvalue weighted by Gasteiger charge is 2.43. The van der Waals surface area contributed by atoms with Crippen molar-refractivity contribution in [3.8, 4) is 5.75 Å². The van der Waals surface area contributed by atoms with Crippen LogP contribution in [0.4, 0.5) is 4.39 Å². The third-order valence-corrected chi connectivity index (χ3v) is 7.94. The van der Waals surface area contributed by atoms with E-state index in [-0.39, 0.29) is 24.9 Å². The van der Waals surface area contributed by atoms with Crippen LogP contribution in [0.1, 0.15) is 23.5 Å². The maximum atomic E-state index is 14.4. The standard InChI is InChI=1S/C22H28FN3O4S/c23-22-7-2-1-6-21(22)18-13-19(16-30-20-5-3-4-17(12-20)14-24)26(15-18)31(27,28)25-8-10-29-11-9-25/h1-7,12,18-19H,8-11,13-16,24H2/t18-,19-/m1/s1. The Kier molecular flexibility index (Phi) is 6.88. The summed E-state index contributed by atoms with van der Waals surface area (Å²) >= 11 is 0. The minimum absolute atomic E-state index is 0.183.